The highest BCUT2D eigenvalue weighted by molar-refractivity contribution is 6.14. The van der Waals surface area contributed by atoms with E-state index in [4.69, 9.17) is 14.2 Å². The van der Waals surface area contributed by atoms with Crippen molar-refractivity contribution in [2.24, 2.45) is 0 Å². The Morgan fingerprint density at radius 2 is 1.75 bits per heavy atom. The van der Waals surface area contributed by atoms with Crippen molar-refractivity contribution < 1.29 is 19.0 Å². The van der Waals surface area contributed by atoms with Gasteiger partial charge in [-0.3, -0.25) is 4.79 Å². The monoisotopic (exact) mass is 372 g/mol. The lowest BCUT2D eigenvalue weighted by molar-refractivity contribution is 0.101. The summed E-state index contributed by atoms with van der Waals surface area (Å²) < 4.78 is 16.8. The smallest absolute Gasteiger partial charge is 0.231 e. The summed E-state index contributed by atoms with van der Waals surface area (Å²) in [6.45, 7) is 2.43. The van der Waals surface area contributed by atoms with Crippen LogP contribution >= 0.6 is 0 Å². The van der Waals surface area contributed by atoms with Gasteiger partial charge in [0.15, 0.2) is 5.76 Å². The predicted molar refractivity (Wildman–Crippen MR) is 108 cm³/mol. The first kappa shape index (κ1) is 17.9. The van der Waals surface area contributed by atoms with Crippen LogP contribution in [0.5, 0.6) is 17.2 Å². The number of rotatable bonds is 5. The van der Waals surface area contributed by atoms with Gasteiger partial charge >= 0.3 is 0 Å². The number of ketones is 1. The Bertz CT molecular complexity index is 1050. The number of carbonyl (C=O) groups is 1. The lowest BCUT2D eigenvalue weighted by Crippen LogP contribution is -1.98. The summed E-state index contributed by atoms with van der Waals surface area (Å²) in [5, 5.41) is 0. The molecule has 4 heteroatoms. The molecule has 4 rings (SSSR count). The molecule has 0 saturated carbocycles. The fourth-order valence-corrected chi connectivity index (χ4v) is 3.06. The summed E-state index contributed by atoms with van der Waals surface area (Å²) in [7, 11) is 1.64. The lowest BCUT2D eigenvalue weighted by Gasteiger charge is -2.08. The lowest BCUT2D eigenvalue weighted by atomic mass is 10.1. The van der Waals surface area contributed by atoms with Crippen LogP contribution in [0.2, 0.25) is 0 Å². The van der Waals surface area contributed by atoms with Gasteiger partial charge in [-0.15, -0.1) is 0 Å². The van der Waals surface area contributed by atoms with E-state index in [1.54, 1.807) is 31.4 Å². The first-order valence-corrected chi connectivity index (χ1v) is 9.03. The average molecular weight is 372 g/mol. The predicted octanol–water partition coefficient (Wildman–Crippen LogP) is 5.20. The van der Waals surface area contributed by atoms with Crippen LogP contribution in [-0.2, 0) is 6.61 Å². The highest BCUT2D eigenvalue weighted by Crippen LogP contribution is 2.35. The molecule has 0 saturated heterocycles. The molecule has 28 heavy (non-hydrogen) atoms. The van der Waals surface area contributed by atoms with E-state index < -0.39 is 0 Å². The van der Waals surface area contributed by atoms with Crippen molar-refractivity contribution in [3.63, 3.8) is 0 Å². The Morgan fingerprint density at radius 1 is 0.964 bits per heavy atom. The van der Waals surface area contributed by atoms with Gasteiger partial charge in [-0.25, -0.2) is 0 Å². The van der Waals surface area contributed by atoms with Crippen LogP contribution < -0.4 is 14.2 Å². The Hall–Kier alpha value is -3.53. The largest absolute Gasteiger partial charge is 0.497 e. The second kappa shape index (κ2) is 7.61. The number of ether oxygens (including phenoxy) is 3. The number of Topliss-reactive ketones (excluding diaryl/α,β-unsaturated/α-hetero) is 1. The van der Waals surface area contributed by atoms with Gasteiger partial charge < -0.3 is 14.2 Å². The van der Waals surface area contributed by atoms with Crippen LogP contribution in [-0.4, -0.2) is 12.9 Å². The summed E-state index contributed by atoms with van der Waals surface area (Å²) in [5.41, 5.74) is 3.65. The van der Waals surface area contributed by atoms with Gasteiger partial charge in [0.2, 0.25) is 5.78 Å². The van der Waals surface area contributed by atoms with Crippen LogP contribution in [0.25, 0.3) is 6.08 Å². The van der Waals surface area contributed by atoms with E-state index in [0.717, 1.165) is 22.4 Å². The first-order chi connectivity index (χ1) is 13.6. The van der Waals surface area contributed by atoms with Gasteiger partial charge in [0.05, 0.1) is 12.7 Å². The number of carbonyl (C=O) groups excluding carboxylic acids is 1. The third kappa shape index (κ3) is 3.76. The Kier molecular flexibility index (Phi) is 4.85. The maximum Gasteiger partial charge on any atom is 0.231 e. The van der Waals surface area contributed by atoms with E-state index in [1.165, 1.54) is 0 Å². The second-order valence-electron chi connectivity index (χ2n) is 6.65. The minimum atomic E-state index is -0.113. The fourth-order valence-electron chi connectivity index (χ4n) is 3.06. The van der Waals surface area contributed by atoms with Gasteiger partial charge in [-0.1, -0.05) is 42.0 Å². The van der Waals surface area contributed by atoms with Crippen molar-refractivity contribution in [2.45, 2.75) is 13.5 Å². The van der Waals surface area contributed by atoms with E-state index in [0.29, 0.717) is 29.4 Å². The van der Waals surface area contributed by atoms with Crippen molar-refractivity contribution >= 4 is 11.9 Å². The molecule has 1 heterocycles. The van der Waals surface area contributed by atoms with E-state index >= 15 is 0 Å². The fraction of sp³-hybridized carbons (Fsp3) is 0.125. The molecule has 1 aliphatic heterocycles. The van der Waals surface area contributed by atoms with Gasteiger partial charge in [0.1, 0.15) is 23.9 Å². The summed E-state index contributed by atoms with van der Waals surface area (Å²) in [5.74, 6) is 2.20. The molecular formula is C24H20O4. The second-order valence-corrected chi connectivity index (χ2v) is 6.65. The molecule has 0 aromatic heterocycles. The van der Waals surface area contributed by atoms with Crippen LogP contribution in [0.15, 0.2) is 72.5 Å². The number of allylic oxidation sites excluding steroid dienone is 1. The van der Waals surface area contributed by atoms with Crippen LogP contribution in [0.3, 0.4) is 0 Å². The molecule has 0 atom stereocenters. The van der Waals surface area contributed by atoms with E-state index in [9.17, 15) is 4.79 Å². The zero-order valence-electron chi connectivity index (χ0n) is 15.8. The highest BCUT2D eigenvalue weighted by atomic mass is 16.5. The minimum Gasteiger partial charge on any atom is -0.497 e. The molecule has 0 fully saturated rings. The number of benzene rings is 3. The zero-order chi connectivity index (χ0) is 19.5. The third-order valence-electron chi connectivity index (χ3n) is 4.55. The van der Waals surface area contributed by atoms with Crippen molar-refractivity contribution in [1.29, 1.82) is 0 Å². The van der Waals surface area contributed by atoms with Crippen LogP contribution in [0.1, 0.15) is 27.0 Å². The Morgan fingerprint density at radius 3 is 2.50 bits per heavy atom. The van der Waals surface area contributed by atoms with E-state index in [-0.39, 0.29) is 5.78 Å². The van der Waals surface area contributed by atoms with Gasteiger partial charge in [-0.05, 0) is 48.4 Å². The molecule has 0 aliphatic carbocycles. The van der Waals surface area contributed by atoms with E-state index in [2.05, 4.69) is 0 Å². The molecule has 140 valence electrons. The topological polar surface area (TPSA) is 44.8 Å². The van der Waals surface area contributed by atoms with Crippen molar-refractivity contribution in [3.05, 3.63) is 94.7 Å². The molecule has 0 amide bonds. The van der Waals surface area contributed by atoms with Crippen molar-refractivity contribution in [1.82, 2.24) is 0 Å². The molecule has 4 nitrogen and oxygen atoms in total. The Labute approximate surface area is 164 Å². The number of hydrogen-bond acceptors (Lipinski definition) is 4. The van der Waals surface area contributed by atoms with Crippen molar-refractivity contribution in [2.75, 3.05) is 7.11 Å². The van der Waals surface area contributed by atoms with Crippen LogP contribution in [0, 0.1) is 6.92 Å². The summed E-state index contributed by atoms with van der Waals surface area (Å²) in [6, 6.07) is 20.9. The van der Waals surface area contributed by atoms with E-state index in [1.807, 2.05) is 55.5 Å². The normalized spacial score (nSPS) is 13.9. The standard InChI is InChI=1S/C24H20O4/c1-16-4-3-5-18(12-16)13-23-24(25)21-11-10-20(14-22(21)28-23)27-15-17-6-8-19(26-2)9-7-17/h3-14H,15H2,1-2H3. The first-order valence-electron chi connectivity index (χ1n) is 9.03. The molecule has 3 aromatic rings. The molecule has 0 unspecified atom stereocenters. The molecule has 0 spiro atoms. The highest BCUT2D eigenvalue weighted by Gasteiger charge is 2.27. The minimum absolute atomic E-state index is 0.113. The molecule has 1 aliphatic rings. The molecule has 0 N–H and O–H groups in total. The maximum atomic E-state index is 12.6. The molecule has 3 aromatic carbocycles. The third-order valence-corrected chi connectivity index (χ3v) is 4.55. The molecular weight excluding hydrogens is 352 g/mol. The summed E-state index contributed by atoms with van der Waals surface area (Å²) >= 11 is 0. The molecule has 0 radical (unpaired) electrons. The maximum absolute atomic E-state index is 12.6. The Balaban J connectivity index is 1.48. The quantitative estimate of drug-likeness (QED) is 0.578. The number of methoxy groups -OCH3 is 1. The SMILES string of the molecule is COc1ccc(COc2ccc3c(c2)OC(=Cc2cccc(C)c2)C3=O)cc1. The van der Waals surface area contributed by atoms with Gasteiger partial charge in [0, 0.05) is 6.07 Å². The average Bonchev–Trinajstić information content (AvgIpc) is 3.01. The van der Waals surface area contributed by atoms with Gasteiger partial charge in [0.25, 0.3) is 0 Å². The summed E-state index contributed by atoms with van der Waals surface area (Å²) in [4.78, 5) is 12.6. The number of aryl methyl sites for hydroxylation is 1. The van der Waals surface area contributed by atoms with Crippen molar-refractivity contribution in [3.8, 4) is 17.2 Å². The summed E-state index contributed by atoms with van der Waals surface area (Å²) in [6.07, 6.45) is 1.77. The van der Waals surface area contributed by atoms with Crippen LogP contribution in [0.4, 0.5) is 0 Å². The number of hydrogen-bond donors (Lipinski definition) is 0. The van der Waals surface area contributed by atoms with Gasteiger partial charge in [-0.2, -0.15) is 0 Å². The molecule has 0 bridgehead atoms. The zero-order valence-corrected chi connectivity index (χ0v) is 15.8. The number of fused-ring (bicyclic) bond motifs is 1.